The van der Waals surface area contributed by atoms with E-state index in [1.807, 2.05) is 4.90 Å². The van der Waals surface area contributed by atoms with Crippen LogP contribution in [-0.2, 0) is 4.79 Å². The predicted molar refractivity (Wildman–Crippen MR) is 63.8 cm³/mol. The minimum Gasteiger partial charge on any atom is -0.330 e. The normalized spacial score (nSPS) is 24.8. The van der Waals surface area contributed by atoms with Gasteiger partial charge < -0.3 is 10.2 Å². The zero-order valence-corrected chi connectivity index (χ0v) is 9.74. The van der Waals surface area contributed by atoms with E-state index in [2.05, 4.69) is 11.2 Å². The van der Waals surface area contributed by atoms with Crippen molar-refractivity contribution in [1.82, 2.24) is 10.2 Å². The number of amides is 1. The molecule has 0 spiro atoms. The van der Waals surface area contributed by atoms with Gasteiger partial charge >= 0.3 is 0 Å². The van der Waals surface area contributed by atoms with Crippen LogP contribution in [0.5, 0.6) is 0 Å². The van der Waals surface area contributed by atoms with E-state index >= 15 is 0 Å². The Hall–Kier alpha value is -1.01. The second-order valence-electron chi connectivity index (χ2n) is 4.87. The number of hydrogen-bond acceptors (Lipinski definition) is 2. The van der Waals surface area contributed by atoms with Gasteiger partial charge in [0.15, 0.2) is 0 Å². The summed E-state index contributed by atoms with van der Waals surface area (Å²) in [5.41, 5.74) is 0. The summed E-state index contributed by atoms with van der Waals surface area (Å²) in [6.45, 7) is 2.29. The van der Waals surface area contributed by atoms with Crippen LogP contribution in [-0.4, -0.2) is 36.5 Å². The van der Waals surface area contributed by atoms with Crippen LogP contribution in [0, 0.1) is 18.3 Å². The van der Waals surface area contributed by atoms with Gasteiger partial charge in [-0.05, 0) is 38.1 Å². The average molecular weight is 220 g/mol. The second kappa shape index (κ2) is 5.36. The molecule has 1 atom stereocenters. The first-order valence-electron chi connectivity index (χ1n) is 6.27. The number of terminal acetylenes is 1. The number of nitrogens with zero attached hydrogens (tertiary/aromatic N) is 1. The van der Waals surface area contributed by atoms with Crippen LogP contribution >= 0.6 is 0 Å². The molecule has 0 aromatic heterocycles. The maximum Gasteiger partial charge on any atom is 0.240 e. The Kier molecular flexibility index (Phi) is 3.84. The molecule has 1 unspecified atom stereocenters. The van der Waals surface area contributed by atoms with Gasteiger partial charge in [0, 0.05) is 6.54 Å². The molecule has 1 N–H and O–H groups in total. The van der Waals surface area contributed by atoms with Crippen molar-refractivity contribution < 1.29 is 4.79 Å². The third-order valence-corrected chi connectivity index (χ3v) is 3.38. The van der Waals surface area contributed by atoms with Crippen LogP contribution in [0.4, 0.5) is 0 Å². The van der Waals surface area contributed by atoms with Crippen molar-refractivity contribution in [2.45, 2.75) is 38.1 Å². The SMILES string of the molecule is C#CCN(CC1CC1)C(=O)C1CCCCN1. The molecule has 0 aromatic rings. The van der Waals surface area contributed by atoms with E-state index in [1.54, 1.807) is 0 Å². The summed E-state index contributed by atoms with van der Waals surface area (Å²) in [6.07, 6.45) is 11.1. The standard InChI is InChI=1S/C13H20N2O/c1-2-9-15(10-11-6-7-11)13(16)12-5-3-4-8-14-12/h1,11-12,14H,3-10H2. The Morgan fingerprint density at radius 1 is 1.38 bits per heavy atom. The summed E-state index contributed by atoms with van der Waals surface area (Å²) in [7, 11) is 0. The van der Waals surface area contributed by atoms with E-state index in [0.29, 0.717) is 12.5 Å². The molecular weight excluding hydrogens is 200 g/mol. The van der Waals surface area contributed by atoms with E-state index in [1.165, 1.54) is 19.3 Å². The van der Waals surface area contributed by atoms with Gasteiger partial charge in [0.05, 0.1) is 12.6 Å². The number of carbonyl (C=O) groups is 1. The molecule has 1 saturated heterocycles. The summed E-state index contributed by atoms with van der Waals surface area (Å²) in [6, 6.07) is 0.0147. The van der Waals surface area contributed by atoms with Crippen LogP contribution < -0.4 is 5.32 Å². The monoisotopic (exact) mass is 220 g/mol. The molecule has 3 nitrogen and oxygen atoms in total. The molecule has 0 radical (unpaired) electrons. The second-order valence-corrected chi connectivity index (χ2v) is 4.87. The Morgan fingerprint density at radius 3 is 2.75 bits per heavy atom. The molecule has 1 aliphatic heterocycles. The number of hydrogen-bond donors (Lipinski definition) is 1. The van der Waals surface area contributed by atoms with Crippen molar-refractivity contribution >= 4 is 5.91 Å². The van der Waals surface area contributed by atoms with Crippen molar-refractivity contribution in [2.75, 3.05) is 19.6 Å². The van der Waals surface area contributed by atoms with Crippen LogP contribution in [0.3, 0.4) is 0 Å². The lowest BCUT2D eigenvalue weighted by Gasteiger charge is -2.29. The van der Waals surface area contributed by atoms with Gasteiger partial charge in [0.1, 0.15) is 0 Å². The smallest absolute Gasteiger partial charge is 0.240 e. The van der Waals surface area contributed by atoms with Crippen molar-refractivity contribution in [3.05, 3.63) is 0 Å². The topological polar surface area (TPSA) is 32.3 Å². The van der Waals surface area contributed by atoms with Crippen LogP contribution in [0.25, 0.3) is 0 Å². The fourth-order valence-electron chi connectivity index (χ4n) is 2.24. The van der Waals surface area contributed by atoms with Crippen molar-refractivity contribution in [3.8, 4) is 12.3 Å². The minimum absolute atomic E-state index is 0.0147. The van der Waals surface area contributed by atoms with Gasteiger partial charge in [0.2, 0.25) is 5.91 Å². The first-order chi connectivity index (χ1) is 7.81. The summed E-state index contributed by atoms with van der Waals surface area (Å²) < 4.78 is 0. The van der Waals surface area contributed by atoms with E-state index < -0.39 is 0 Å². The molecule has 1 saturated carbocycles. The van der Waals surface area contributed by atoms with E-state index in [4.69, 9.17) is 6.42 Å². The summed E-state index contributed by atoms with van der Waals surface area (Å²) in [4.78, 5) is 14.1. The average Bonchev–Trinajstić information content (AvgIpc) is 3.13. The molecule has 2 rings (SSSR count). The van der Waals surface area contributed by atoms with Gasteiger partial charge in [-0.25, -0.2) is 0 Å². The molecule has 88 valence electrons. The largest absolute Gasteiger partial charge is 0.330 e. The number of piperidine rings is 1. The molecule has 0 bridgehead atoms. The van der Waals surface area contributed by atoms with E-state index in [9.17, 15) is 4.79 Å². The fraction of sp³-hybridized carbons (Fsp3) is 0.769. The van der Waals surface area contributed by atoms with Crippen molar-refractivity contribution in [3.63, 3.8) is 0 Å². The summed E-state index contributed by atoms with van der Waals surface area (Å²) in [5, 5.41) is 3.29. The maximum absolute atomic E-state index is 12.2. The molecular formula is C13H20N2O. The van der Waals surface area contributed by atoms with Gasteiger partial charge in [-0.3, -0.25) is 4.79 Å². The third kappa shape index (κ3) is 2.99. The maximum atomic E-state index is 12.2. The highest BCUT2D eigenvalue weighted by molar-refractivity contribution is 5.82. The fourth-order valence-corrected chi connectivity index (χ4v) is 2.24. The van der Waals surface area contributed by atoms with Gasteiger partial charge in [0.25, 0.3) is 0 Å². The highest BCUT2D eigenvalue weighted by Gasteiger charge is 2.30. The molecule has 0 aromatic carbocycles. The van der Waals surface area contributed by atoms with E-state index in [0.717, 1.165) is 25.9 Å². The molecule has 1 aliphatic carbocycles. The lowest BCUT2D eigenvalue weighted by Crippen LogP contribution is -2.49. The lowest BCUT2D eigenvalue weighted by atomic mass is 10.0. The van der Waals surface area contributed by atoms with Gasteiger partial charge in [-0.1, -0.05) is 12.3 Å². The number of nitrogens with one attached hydrogen (secondary N) is 1. The number of rotatable bonds is 4. The molecule has 1 amide bonds. The third-order valence-electron chi connectivity index (χ3n) is 3.38. The lowest BCUT2D eigenvalue weighted by molar-refractivity contribution is -0.133. The Labute approximate surface area is 97.6 Å². The van der Waals surface area contributed by atoms with Crippen molar-refractivity contribution in [1.29, 1.82) is 0 Å². The zero-order chi connectivity index (χ0) is 11.4. The Balaban J connectivity index is 1.89. The van der Waals surface area contributed by atoms with Gasteiger partial charge in [-0.15, -0.1) is 6.42 Å². The molecule has 2 fully saturated rings. The van der Waals surface area contributed by atoms with Crippen LogP contribution in [0.1, 0.15) is 32.1 Å². The minimum atomic E-state index is 0.0147. The predicted octanol–water partition coefficient (Wildman–Crippen LogP) is 1.00. The first-order valence-corrected chi connectivity index (χ1v) is 6.27. The first kappa shape index (κ1) is 11.5. The van der Waals surface area contributed by atoms with Crippen molar-refractivity contribution in [2.24, 2.45) is 5.92 Å². The highest BCUT2D eigenvalue weighted by atomic mass is 16.2. The molecule has 1 heterocycles. The number of carbonyl (C=O) groups excluding carboxylic acids is 1. The quantitative estimate of drug-likeness (QED) is 0.717. The van der Waals surface area contributed by atoms with Gasteiger partial charge in [-0.2, -0.15) is 0 Å². The summed E-state index contributed by atoms with van der Waals surface area (Å²) >= 11 is 0. The highest BCUT2D eigenvalue weighted by Crippen LogP contribution is 2.30. The zero-order valence-electron chi connectivity index (χ0n) is 9.74. The molecule has 3 heteroatoms. The summed E-state index contributed by atoms with van der Waals surface area (Å²) in [5.74, 6) is 3.52. The molecule has 2 aliphatic rings. The van der Waals surface area contributed by atoms with Crippen LogP contribution in [0.15, 0.2) is 0 Å². The Bertz CT molecular complexity index is 285. The van der Waals surface area contributed by atoms with Crippen LogP contribution in [0.2, 0.25) is 0 Å². The van der Waals surface area contributed by atoms with E-state index in [-0.39, 0.29) is 11.9 Å². The Morgan fingerprint density at radius 2 is 2.19 bits per heavy atom. The molecule has 16 heavy (non-hydrogen) atoms.